The summed E-state index contributed by atoms with van der Waals surface area (Å²) in [6.45, 7) is 1.97. The van der Waals surface area contributed by atoms with Gasteiger partial charge in [-0.3, -0.25) is 0 Å². The van der Waals surface area contributed by atoms with Crippen LogP contribution in [0.4, 0.5) is 4.39 Å². The zero-order chi connectivity index (χ0) is 15.4. The summed E-state index contributed by atoms with van der Waals surface area (Å²) in [4.78, 5) is 0. The minimum atomic E-state index is -0.775. The minimum absolute atomic E-state index is 0.249. The van der Waals surface area contributed by atoms with Gasteiger partial charge in [0.05, 0.1) is 13.2 Å². The Morgan fingerprint density at radius 1 is 1.14 bits per heavy atom. The van der Waals surface area contributed by atoms with E-state index in [1.807, 2.05) is 24.3 Å². The zero-order valence-corrected chi connectivity index (χ0v) is 12.2. The van der Waals surface area contributed by atoms with Gasteiger partial charge in [0.2, 0.25) is 0 Å². The molecule has 0 aromatic heterocycles. The molecule has 0 aliphatic heterocycles. The predicted molar refractivity (Wildman–Crippen MR) is 80.9 cm³/mol. The number of methoxy groups -OCH3 is 1. The van der Waals surface area contributed by atoms with Crippen molar-refractivity contribution in [1.82, 2.24) is 0 Å². The third-order valence-corrected chi connectivity index (χ3v) is 3.70. The Hall–Kier alpha value is -1.91. The lowest BCUT2D eigenvalue weighted by atomic mass is 9.88. The quantitative estimate of drug-likeness (QED) is 0.890. The number of hydrogen-bond acceptors (Lipinski definition) is 3. The molecule has 0 saturated heterocycles. The van der Waals surface area contributed by atoms with Crippen molar-refractivity contribution in [3.8, 4) is 5.75 Å². The Kier molecular flexibility index (Phi) is 4.94. The molecule has 4 heteroatoms. The normalized spacial score (nSPS) is 13.8. The highest BCUT2D eigenvalue weighted by Gasteiger charge is 2.22. The van der Waals surface area contributed by atoms with Crippen LogP contribution in [0.5, 0.6) is 5.75 Å². The maximum Gasteiger partial charge on any atom is 0.126 e. The summed E-state index contributed by atoms with van der Waals surface area (Å²) in [5, 5.41) is 10.5. The Bertz CT molecular complexity index is 598. The Morgan fingerprint density at radius 2 is 1.76 bits per heavy atom. The summed E-state index contributed by atoms with van der Waals surface area (Å²) in [6, 6.07) is 12.1. The van der Waals surface area contributed by atoms with Gasteiger partial charge in [-0.05, 0) is 41.8 Å². The van der Waals surface area contributed by atoms with Crippen molar-refractivity contribution in [3.63, 3.8) is 0 Å². The van der Waals surface area contributed by atoms with E-state index in [9.17, 15) is 9.50 Å². The number of halogens is 1. The summed E-state index contributed by atoms with van der Waals surface area (Å²) >= 11 is 0. The standard InChI is InChI=1S/C17H20FNO2/c1-11-9-13(5-8-16(11)18)17(20)15(10-19)12-3-6-14(21-2)7-4-12/h3-9,15,17,20H,10,19H2,1-2H3. The van der Waals surface area contributed by atoms with Gasteiger partial charge in [0, 0.05) is 12.5 Å². The number of benzene rings is 2. The second-order valence-corrected chi connectivity index (χ2v) is 5.07. The summed E-state index contributed by atoms with van der Waals surface area (Å²) in [7, 11) is 1.60. The summed E-state index contributed by atoms with van der Waals surface area (Å²) in [5.74, 6) is 0.224. The van der Waals surface area contributed by atoms with Crippen molar-refractivity contribution in [2.75, 3.05) is 13.7 Å². The predicted octanol–water partition coefficient (Wildman–Crippen LogP) is 2.92. The topological polar surface area (TPSA) is 55.5 Å². The Morgan fingerprint density at radius 3 is 2.29 bits per heavy atom. The lowest BCUT2D eigenvalue weighted by Crippen LogP contribution is -2.20. The molecule has 2 aromatic carbocycles. The van der Waals surface area contributed by atoms with Crippen molar-refractivity contribution < 1.29 is 14.2 Å². The lowest BCUT2D eigenvalue weighted by molar-refractivity contribution is 0.147. The summed E-state index contributed by atoms with van der Waals surface area (Å²) in [6.07, 6.45) is -0.775. The molecular formula is C17H20FNO2. The van der Waals surface area contributed by atoms with Gasteiger partial charge >= 0.3 is 0 Å². The molecule has 0 radical (unpaired) electrons. The van der Waals surface area contributed by atoms with E-state index in [4.69, 9.17) is 10.5 Å². The molecule has 3 nitrogen and oxygen atoms in total. The third-order valence-electron chi connectivity index (χ3n) is 3.70. The van der Waals surface area contributed by atoms with Crippen LogP contribution in [0.3, 0.4) is 0 Å². The van der Waals surface area contributed by atoms with E-state index in [1.54, 1.807) is 26.2 Å². The summed E-state index contributed by atoms with van der Waals surface area (Å²) < 4.78 is 18.5. The molecule has 0 aliphatic carbocycles. The maximum absolute atomic E-state index is 13.3. The molecule has 2 aromatic rings. The van der Waals surface area contributed by atoms with Crippen LogP contribution in [-0.2, 0) is 0 Å². The highest BCUT2D eigenvalue weighted by Crippen LogP contribution is 2.31. The van der Waals surface area contributed by atoms with E-state index >= 15 is 0 Å². The number of aryl methyl sites for hydroxylation is 1. The largest absolute Gasteiger partial charge is 0.497 e. The molecule has 0 amide bonds. The van der Waals surface area contributed by atoms with Crippen LogP contribution in [0.25, 0.3) is 0 Å². The van der Waals surface area contributed by atoms with Crippen LogP contribution in [0.15, 0.2) is 42.5 Å². The molecule has 0 spiro atoms. The van der Waals surface area contributed by atoms with Crippen molar-refractivity contribution in [3.05, 3.63) is 65.0 Å². The van der Waals surface area contributed by atoms with E-state index in [0.29, 0.717) is 17.7 Å². The van der Waals surface area contributed by atoms with Crippen molar-refractivity contribution in [1.29, 1.82) is 0 Å². The van der Waals surface area contributed by atoms with Crippen molar-refractivity contribution in [2.45, 2.75) is 18.9 Å². The van der Waals surface area contributed by atoms with E-state index in [1.165, 1.54) is 6.07 Å². The molecule has 0 bridgehead atoms. The van der Waals surface area contributed by atoms with Crippen LogP contribution in [0, 0.1) is 12.7 Å². The molecule has 2 rings (SSSR count). The molecule has 0 aliphatic rings. The van der Waals surface area contributed by atoms with Crippen LogP contribution >= 0.6 is 0 Å². The molecule has 3 N–H and O–H groups in total. The summed E-state index contributed by atoms with van der Waals surface area (Å²) in [5.41, 5.74) is 7.92. The monoisotopic (exact) mass is 289 g/mol. The highest BCUT2D eigenvalue weighted by atomic mass is 19.1. The molecule has 2 unspecified atom stereocenters. The van der Waals surface area contributed by atoms with Gasteiger partial charge in [0.15, 0.2) is 0 Å². The van der Waals surface area contributed by atoms with Gasteiger partial charge < -0.3 is 15.6 Å². The molecule has 21 heavy (non-hydrogen) atoms. The third kappa shape index (κ3) is 3.40. The molecule has 2 atom stereocenters. The van der Waals surface area contributed by atoms with E-state index < -0.39 is 6.10 Å². The number of ether oxygens (including phenoxy) is 1. The SMILES string of the molecule is COc1ccc(C(CN)C(O)c2ccc(F)c(C)c2)cc1. The Balaban J connectivity index is 2.28. The number of aliphatic hydroxyl groups is 1. The first kappa shape index (κ1) is 15.5. The molecule has 0 saturated carbocycles. The second kappa shape index (κ2) is 6.70. The maximum atomic E-state index is 13.3. The van der Waals surface area contributed by atoms with Gasteiger partial charge in [-0.15, -0.1) is 0 Å². The second-order valence-electron chi connectivity index (χ2n) is 5.07. The van der Waals surface area contributed by atoms with E-state index in [0.717, 1.165) is 11.3 Å². The average Bonchev–Trinajstić information content (AvgIpc) is 2.51. The van der Waals surface area contributed by atoms with Gasteiger partial charge in [0.25, 0.3) is 0 Å². The Labute approximate surface area is 124 Å². The minimum Gasteiger partial charge on any atom is -0.497 e. The lowest BCUT2D eigenvalue weighted by Gasteiger charge is -2.23. The van der Waals surface area contributed by atoms with Crippen LogP contribution < -0.4 is 10.5 Å². The molecular weight excluding hydrogens is 269 g/mol. The molecule has 0 heterocycles. The van der Waals surface area contributed by atoms with Crippen LogP contribution in [0.2, 0.25) is 0 Å². The fraction of sp³-hybridized carbons (Fsp3) is 0.294. The first-order valence-corrected chi connectivity index (χ1v) is 6.85. The van der Waals surface area contributed by atoms with E-state index in [-0.39, 0.29) is 11.7 Å². The number of hydrogen-bond donors (Lipinski definition) is 2. The van der Waals surface area contributed by atoms with Gasteiger partial charge in [0.1, 0.15) is 11.6 Å². The van der Waals surface area contributed by atoms with Crippen LogP contribution in [0.1, 0.15) is 28.7 Å². The average molecular weight is 289 g/mol. The number of aliphatic hydroxyl groups excluding tert-OH is 1. The van der Waals surface area contributed by atoms with Gasteiger partial charge in [-0.2, -0.15) is 0 Å². The first-order valence-electron chi connectivity index (χ1n) is 6.85. The molecule has 112 valence electrons. The first-order chi connectivity index (χ1) is 10.1. The van der Waals surface area contributed by atoms with Crippen LogP contribution in [-0.4, -0.2) is 18.8 Å². The van der Waals surface area contributed by atoms with E-state index in [2.05, 4.69) is 0 Å². The van der Waals surface area contributed by atoms with Gasteiger partial charge in [-0.25, -0.2) is 4.39 Å². The fourth-order valence-electron chi connectivity index (χ4n) is 2.38. The smallest absolute Gasteiger partial charge is 0.126 e. The zero-order valence-electron chi connectivity index (χ0n) is 12.2. The highest BCUT2D eigenvalue weighted by molar-refractivity contribution is 5.33. The van der Waals surface area contributed by atoms with Crippen molar-refractivity contribution >= 4 is 0 Å². The fourth-order valence-corrected chi connectivity index (χ4v) is 2.38. The molecule has 0 fully saturated rings. The van der Waals surface area contributed by atoms with Gasteiger partial charge in [-0.1, -0.05) is 24.3 Å². The number of rotatable bonds is 5. The number of nitrogens with two attached hydrogens (primary N) is 1. The van der Waals surface area contributed by atoms with Crippen molar-refractivity contribution in [2.24, 2.45) is 5.73 Å².